The first-order valence-electron chi connectivity index (χ1n) is 6.20. The van der Waals surface area contributed by atoms with Crippen LogP contribution < -0.4 is 5.73 Å². The van der Waals surface area contributed by atoms with Crippen LogP contribution in [0, 0.1) is 5.82 Å². The number of nitrogens with zero attached hydrogens (tertiary/aromatic N) is 2. The molecule has 0 aliphatic heterocycles. The van der Waals surface area contributed by atoms with E-state index in [0.29, 0.717) is 6.54 Å². The lowest BCUT2D eigenvalue weighted by Gasteiger charge is -2.06. The summed E-state index contributed by atoms with van der Waals surface area (Å²) in [5.41, 5.74) is 8.37. The molecular formula is C15H14FN3. The average Bonchev–Trinajstić information content (AvgIpc) is 2.83. The van der Waals surface area contributed by atoms with Gasteiger partial charge in [0.2, 0.25) is 0 Å². The van der Waals surface area contributed by atoms with E-state index in [2.05, 4.69) is 4.98 Å². The first-order chi connectivity index (χ1) is 9.29. The summed E-state index contributed by atoms with van der Waals surface area (Å²) in [6, 6.07) is 10.5. The number of hydrogen-bond acceptors (Lipinski definition) is 2. The van der Waals surface area contributed by atoms with Gasteiger partial charge in [-0.25, -0.2) is 9.37 Å². The Hall–Kier alpha value is -2.20. The van der Waals surface area contributed by atoms with Crippen LogP contribution in [0.4, 0.5) is 4.39 Å². The number of imidazole rings is 1. The quantitative estimate of drug-likeness (QED) is 0.781. The van der Waals surface area contributed by atoms with Gasteiger partial charge < -0.3 is 10.1 Å². The second kappa shape index (κ2) is 4.82. The minimum atomic E-state index is -0.235. The van der Waals surface area contributed by atoms with Gasteiger partial charge in [-0.05, 0) is 30.3 Å². The largest absolute Gasteiger partial charge is 0.330 e. The predicted octanol–water partition coefficient (Wildman–Crippen LogP) is 2.64. The third-order valence-electron chi connectivity index (χ3n) is 3.15. The molecular weight excluding hydrogens is 241 g/mol. The summed E-state index contributed by atoms with van der Waals surface area (Å²) < 4.78 is 15.3. The third kappa shape index (κ3) is 2.11. The number of rotatable bonds is 3. The number of fused-ring (bicyclic) bond motifs is 1. The van der Waals surface area contributed by atoms with Crippen LogP contribution in [0.15, 0.2) is 48.8 Å². The summed E-state index contributed by atoms with van der Waals surface area (Å²) in [4.78, 5) is 4.38. The molecule has 2 heterocycles. The molecule has 0 spiro atoms. The van der Waals surface area contributed by atoms with E-state index in [1.165, 1.54) is 12.1 Å². The molecule has 1 aromatic carbocycles. The van der Waals surface area contributed by atoms with Gasteiger partial charge >= 0.3 is 0 Å². The molecule has 0 unspecified atom stereocenters. The molecule has 0 radical (unpaired) electrons. The van der Waals surface area contributed by atoms with Gasteiger partial charge in [0.1, 0.15) is 11.6 Å². The molecule has 2 aromatic heterocycles. The van der Waals surface area contributed by atoms with Crippen LogP contribution in [-0.4, -0.2) is 15.9 Å². The Bertz CT molecular complexity index is 718. The van der Waals surface area contributed by atoms with E-state index in [1.807, 2.05) is 35.0 Å². The van der Waals surface area contributed by atoms with Gasteiger partial charge in [0.25, 0.3) is 0 Å². The summed E-state index contributed by atoms with van der Waals surface area (Å²) in [6.07, 6.45) is 4.49. The summed E-state index contributed by atoms with van der Waals surface area (Å²) >= 11 is 0. The molecule has 0 fully saturated rings. The molecule has 3 nitrogen and oxygen atoms in total. The van der Waals surface area contributed by atoms with Gasteiger partial charge in [-0.1, -0.05) is 18.2 Å². The van der Waals surface area contributed by atoms with E-state index in [9.17, 15) is 4.39 Å². The molecule has 0 aliphatic rings. The third-order valence-corrected chi connectivity index (χ3v) is 3.15. The van der Waals surface area contributed by atoms with Gasteiger partial charge in [0, 0.05) is 18.2 Å². The average molecular weight is 255 g/mol. The number of pyridine rings is 1. The Morgan fingerprint density at radius 1 is 1.21 bits per heavy atom. The first kappa shape index (κ1) is 11.9. The standard InChI is InChI=1S/C15H14FN3/c16-12-4-1-3-11(9-12)13-5-2-8-19-14(13)10-18-15(19)6-7-17/h1-5,8-10H,6-7,17H2. The van der Waals surface area contributed by atoms with E-state index in [0.717, 1.165) is 28.9 Å². The minimum Gasteiger partial charge on any atom is -0.330 e. The molecule has 0 amide bonds. The first-order valence-corrected chi connectivity index (χ1v) is 6.20. The van der Waals surface area contributed by atoms with Crippen LogP contribution >= 0.6 is 0 Å². The van der Waals surface area contributed by atoms with Gasteiger partial charge in [-0.2, -0.15) is 0 Å². The molecule has 3 rings (SSSR count). The van der Waals surface area contributed by atoms with Crippen LogP contribution in [0.1, 0.15) is 5.82 Å². The fourth-order valence-electron chi connectivity index (χ4n) is 2.29. The normalized spacial score (nSPS) is 11.1. The maximum atomic E-state index is 13.3. The number of benzene rings is 1. The van der Waals surface area contributed by atoms with Crippen LogP contribution in [0.25, 0.3) is 16.6 Å². The molecule has 0 atom stereocenters. The molecule has 0 aliphatic carbocycles. The van der Waals surface area contributed by atoms with Crippen molar-refractivity contribution >= 4 is 5.52 Å². The van der Waals surface area contributed by atoms with Crippen LogP contribution in [0.2, 0.25) is 0 Å². The van der Waals surface area contributed by atoms with Gasteiger partial charge in [-0.15, -0.1) is 0 Å². The highest BCUT2D eigenvalue weighted by atomic mass is 19.1. The summed E-state index contributed by atoms with van der Waals surface area (Å²) in [5.74, 6) is 0.692. The molecule has 4 heteroatoms. The van der Waals surface area contributed by atoms with Crippen molar-refractivity contribution < 1.29 is 4.39 Å². The summed E-state index contributed by atoms with van der Waals surface area (Å²) in [7, 11) is 0. The molecule has 0 bridgehead atoms. The predicted molar refractivity (Wildman–Crippen MR) is 73.3 cm³/mol. The maximum absolute atomic E-state index is 13.3. The Kier molecular flexibility index (Phi) is 3.01. The molecule has 0 saturated heterocycles. The maximum Gasteiger partial charge on any atom is 0.123 e. The van der Waals surface area contributed by atoms with Crippen molar-refractivity contribution in [3.63, 3.8) is 0 Å². The Morgan fingerprint density at radius 2 is 2.11 bits per heavy atom. The van der Waals surface area contributed by atoms with Crippen LogP contribution in [-0.2, 0) is 6.42 Å². The lowest BCUT2D eigenvalue weighted by molar-refractivity contribution is 0.628. The number of halogens is 1. The van der Waals surface area contributed by atoms with Gasteiger partial charge in [-0.3, -0.25) is 0 Å². The minimum absolute atomic E-state index is 0.235. The van der Waals surface area contributed by atoms with E-state index in [4.69, 9.17) is 5.73 Å². The fourth-order valence-corrected chi connectivity index (χ4v) is 2.29. The SMILES string of the molecule is NCCc1ncc2c(-c3cccc(F)c3)cccn12. The highest BCUT2D eigenvalue weighted by molar-refractivity contribution is 5.79. The van der Waals surface area contributed by atoms with E-state index in [-0.39, 0.29) is 5.82 Å². The zero-order chi connectivity index (χ0) is 13.2. The second-order valence-corrected chi connectivity index (χ2v) is 4.40. The highest BCUT2D eigenvalue weighted by Gasteiger charge is 2.08. The van der Waals surface area contributed by atoms with Gasteiger partial charge in [0.15, 0.2) is 0 Å². The Labute approximate surface area is 110 Å². The van der Waals surface area contributed by atoms with Crippen molar-refractivity contribution in [3.8, 4) is 11.1 Å². The van der Waals surface area contributed by atoms with E-state index < -0.39 is 0 Å². The van der Waals surface area contributed by atoms with Crippen molar-refractivity contribution in [3.05, 3.63) is 60.4 Å². The van der Waals surface area contributed by atoms with Crippen LogP contribution in [0.5, 0.6) is 0 Å². The van der Waals surface area contributed by atoms with Crippen molar-refractivity contribution in [1.29, 1.82) is 0 Å². The summed E-state index contributed by atoms with van der Waals surface area (Å²) in [5, 5.41) is 0. The van der Waals surface area contributed by atoms with Crippen LogP contribution in [0.3, 0.4) is 0 Å². The topological polar surface area (TPSA) is 43.3 Å². The van der Waals surface area contributed by atoms with Crippen molar-refractivity contribution in [2.45, 2.75) is 6.42 Å². The van der Waals surface area contributed by atoms with Crippen molar-refractivity contribution in [2.75, 3.05) is 6.54 Å². The van der Waals surface area contributed by atoms with E-state index in [1.54, 1.807) is 6.07 Å². The molecule has 19 heavy (non-hydrogen) atoms. The van der Waals surface area contributed by atoms with Crippen molar-refractivity contribution in [1.82, 2.24) is 9.38 Å². The number of hydrogen-bond donors (Lipinski definition) is 1. The number of nitrogens with two attached hydrogens (primary N) is 1. The zero-order valence-electron chi connectivity index (χ0n) is 10.4. The van der Waals surface area contributed by atoms with E-state index >= 15 is 0 Å². The summed E-state index contributed by atoms with van der Waals surface area (Å²) in [6.45, 7) is 0.559. The van der Waals surface area contributed by atoms with Crippen molar-refractivity contribution in [2.24, 2.45) is 5.73 Å². The monoisotopic (exact) mass is 255 g/mol. The second-order valence-electron chi connectivity index (χ2n) is 4.40. The molecule has 3 aromatic rings. The lowest BCUT2D eigenvalue weighted by atomic mass is 10.1. The highest BCUT2D eigenvalue weighted by Crippen LogP contribution is 2.25. The molecule has 96 valence electrons. The Balaban J connectivity index is 2.19. The lowest BCUT2D eigenvalue weighted by Crippen LogP contribution is -2.06. The number of aromatic nitrogens is 2. The van der Waals surface area contributed by atoms with Gasteiger partial charge in [0.05, 0.1) is 11.7 Å². The Morgan fingerprint density at radius 3 is 2.89 bits per heavy atom. The fraction of sp³-hybridized carbons (Fsp3) is 0.133. The molecule has 0 saturated carbocycles. The smallest absolute Gasteiger partial charge is 0.123 e. The molecule has 2 N–H and O–H groups in total. The zero-order valence-corrected chi connectivity index (χ0v) is 10.4.